The molecule has 1 rings (SSSR count). The van der Waals surface area contributed by atoms with Gasteiger partial charge in [-0.15, -0.1) is 0 Å². The molecule has 2 unspecified atom stereocenters. The summed E-state index contributed by atoms with van der Waals surface area (Å²) in [7, 11) is 0. The molecule has 0 aliphatic rings. The van der Waals surface area contributed by atoms with E-state index < -0.39 is 0 Å². The number of hydrogen-bond donors (Lipinski definition) is 2. The first-order chi connectivity index (χ1) is 9.91. The number of aliphatic hydroxyl groups is 1. The molecule has 0 radical (unpaired) electrons. The quantitative estimate of drug-likeness (QED) is 0.722. The molecule has 1 aromatic rings. The van der Waals surface area contributed by atoms with Gasteiger partial charge >= 0.3 is 0 Å². The summed E-state index contributed by atoms with van der Waals surface area (Å²) < 4.78 is 0. The molecule has 0 spiro atoms. The standard InChI is InChI=1S/C18H31NOS/c1-14(2)16(5)21-12-11-18(13-20,19-15(3)4)17-9-7-6-8-10-17/h6-10,14-16,19-20H,11-13H2,1-5H3. The number of thioether (sulfide) groups is 1. The smallest absolute Gasteiger partial charge is 0.0678 e. The van der Waals surface area contributed by atoms with E-state index >= 15 is 0 Å². The summed E-state index contributed by atoms with van der Waals surface area (Å²) in [6.07, 6.45) is 0.938. The third kappa shape index (κ3) is 5.65. The zero-order valence-electron chi connectivity index (χ0n) is 14.1. The maximum absolute atomic E-state index is 10.1. The van der Waals surface area contributed by atoms with Crippen molar-refractivity contribution < 1.29 is 5.11 Å². The minimum atomic E-state index is -0.334. The molecule has 0 aliphatic carbocycles. The predicted octanol–water partition coefficient (Wildman–Crippen LogP) is 4.04. The molecule has 2 atom stereocenters. The molecule has 3 heteroatoms. The van der Waals surface area contributed by atoms with Crippen molar-refractivity contribution >= 4 is 11.8 Å². The van der Waals surface area contributed by atoms with E-state index in [9.17, 15) is 5.11 Å². The molecular formula is C18H31NOS. The highest BCUT2D eigenvalue weighted by atomic mass is 32.2. The lowest BCUT2D eigenvalue weighted by Crippen LogP contribution is -2.49. The van der Waals surface area contributed by atoms with Gasteiger partial charge in [0.2, 0.25) is 0 Å². The van der Waals surface area contributed by atoms with Crippen LogP contribution in [0.15, 0.2) is 30.3 Å². The van der Waals surface area contributed by atoms with Gasteiger partial charge in [-0.1, -0.05) is 51.1 Å². The van der Waals surface area contributed by atoms with Crippen molar-refractivity contribution in [1.29, 1.82) is 0 Å². The molecule has 0 amide bonds. The number of rotatable bonds is 9. The van der Waals surface area contributed by atoms with E-state index in [0.29, 0.717) is 17.2 Å². The van der Waals surface area contributed by atoms with Gasteiger partial charge in [-0.05, 0) is 37.5 Å². The Labute approximate surface area is 134 Å². The van der Waals surface area contributed by atoms with E-state index in [-0.39, 0.29) is 12.1 Å². The second kappa shape index (κ2) is 8.82. The third-order valence-electron chi connectivity index (χ3n) is 4.01. The van der Waals surface area contributed by atoms with Gasteiger partial charge in [0, 0.05) is 11.3 Å². The van der Waals surface area contributed by atoms with E-state index in [2.05, 4.69) is 52.1 Å². The normalized spacial score (nSPS) is 16.2. The Bertz CT molecular complexity index is 393. The summed E-state index contributed by atoms with van der Waals surface area (Å²) in [6, 6.07) is 10.7. The molecule has 0 saturated heterocycles. The summed E-state index contributed by atoms with van der Waals surface area (Å²) in [4.78, 5) is 0. The minimum absolute atomic E-state index is 0.131. The van der Waals surface area contributed by atoms with E-state index in [0.717, 1.165) is 12.2 Å². The van der Waals surface area contributed by atoms with Crippen LogP contribution in [0.5, 0.6) is 0 Å². The van der Waals surface area contributed by atoms with Gasteiger partial charge in [0.25, 0.3) is 0 Å². The Morgan fingerprint density at radius 2 is 1.71 bits per heavy atom. The molecule has 0 heterocycles. The first kappa shape index (κ1) is 18.5. The Kier molecular flexibility index (Phi) is 7.78. The Morgan fingerprint density at radius 1 is 1.10 bits per heavy atom. The molecule has 120 valence electrons. The molecule has 2 N–H and O–H groups in total. The van der Waals surface area contributed by atoms with Crippen LogP contribution in [0, 0.1) is 5.92 Å². The van der Waals surface area contributed by atoms with Crippen molar-refractivity contribution in [2.45, 2.75) is 57.9 Å². The summed E-state index contributed by atoms with van der Waals surface area (Å²) in [5.74, 6) is 1.74. The molecule has 0 bridgehead atoms. The topological polar surface area (TPSA) is 32.3 Å². The second-order valence-electron chi connectivity index (χ2n) is 6.48. The summed E-state index contributed by atoms with van der Waals surface area (Å²) in [5.41, 5.74) is 0.845. The van der Waals surface area contributed by atoms with Crippen LogP contribution in [0.1, 0.15) is 46.6 Å². The fourth-order valence-corrected chi connectivity index (χ4v) is 3.66. The first-order valence-electron chi connectivity index (χ1n) is 7.97. The van der Waals surface area contributed by atoms with E-state index in [1.807, 2.05) is 30.0 Å². The minimum Gasteiger partial charge on any atom is -0.394 e. The Morgan fingerprint density at radius 3 is 2.19 bits per heavy atom. The van der Waals surface area contributed by atoms with Crippen LogP contribution in [-0.2, 0) is 5.54 Å². The molecule has 0 fully saturated rings. The van der Waals surface area contributed by atoms with Crippen molar-refractivity contribution in [2.75, 3.05) is 12.4 Å². The first-order valence-corrected chi connectivity index (χ1v) is 9.02. The van der Waals surface area contributed by atoms with Gasteiger partial charge in [-0.25, -0.2) is 0 Å². The summed E-state index contributed by atoms with van der Waals surface area (Å²) in [5, 5.41) is 14.3. The average molecular weight is 310 g/mol. The lowest BCUT2D eigenvalue weighted by molar-refractivity contribution is 0.147. The molecular weight excluding hydrogens is 278 g/mol. The zero-order chi connectivity index (χ0) is 15.9. The summed E-state index contributed by atoms with van der Waals surface area (Å²) in [6.45, 7) is 11.2. The van der Waals surface area contributed by atoms with Gasteiger partial charge < -0.3 is 10.4 Å². The van der Waals surface area contributed by atoms with Gasteiger partial charge in [-0.3, -0.25) is 0 Å². The number of hydrogen-bond acceptors (Lipinski definition) is 3. The van der Waals surface area contributed by atoms with Gasteiger partial charge in [0.15, 0.2) is 0 Å². The van der Waals surface area contributed by atoms with E-state index in [4.69, 9.17) is 0 Å². The molecule has 0 saturated carbocycles. The molecule has 21 heavy (non-hydrogen) atoms. The highest BCUT2D eigenvalue weighted by Crippen LogP contribution is 2.29. The van der Waals surface area contributed by atoms with E-state index in [1.165, 1.54) is 5.56 Å². The molecule has 2 nitrogen and oxygen atoms in total. The lowest BCUT2D eigenvalue weighted by Gasteiger charge is -2.36. The number of nitrogens with one attached hydrogen (secondary N) is 1. The SMILES string of the molecule is CC(C)NC(CO)(CCSC(C)C(C)C)c1ccccc1. The summed E-state index contributed by atoms with van der Waals surface area (Å²) >= 11 is 2.00. The van der Waals surface area contributed by atoms with Crippen LogP contribution >= 0.6 is 11.8 Å². The second-order valence-corrected chi connectivity index (χ2v) is 7.96. The zero-order valence-corrected chi connectivity index (χ0v) is 14.9. The van der Waals surface area contributed by atoms with E-state index in [1.54, 1.807) is 0 Å². The Balaban J connectivity index is 2.82. The largest absolute Gasteiger partial charge is 0.394 e. The maximum atomic E-state index is 10.1. The highest BCUT2D eigenvalue weighted by Gasteiger charge is 2.31. The van der Waals surface area contributed by atoms with Gasteiger partial charge in [-0.2, -0.15) is 11.8 Å². The van der Waals surface area contributed by atoms with Crippen LogP contribution in [0.4, 0.5) is 0 Å². The lowest BCUT2D eigenvalue weighted by atomic mass is 9.87. The monoisotopic (exact) mass is 309 g/mol. The Hall–Kier alpha value is -0.510. The average Bonchev–Trinajstić information content (AvgIpc) is 2.46. The van der Waals surface area contributed by atoms with Crippen LogP contribution in [0.3, 0.4) is 0 Å². The van der Waals surface area contributed by atoms with Crippen LogP contribution in [0.2, 0.25) is 0 Å². The number of benzene rings is 1. The van der Waals surface area contributed by atoms with Gasteiger partial charge in [0.05, 0.1) is 12.1 Å². The third-order valence-corrected chi connectivity index (χ3v) is 5.52. The van der Waals surface area contributed by atoms with Crippen LogP contribution in [0.25, 0.3) is 0 Å². The van der Waals surface area contributed by atoms with Crippen molar-refractivity contribution in [3.05, 3.63) is 35.9 Å². The van der Waals surface area contributed by atoms with Crippen LogP contribution < -0.4 is 5.32 Å². The van der Waals surface area contributed by atoms with Gasteiger partial charge in [0.1, 0.15) is 0 Å². The highest BCUT2D eigenvalue weighted by molar-refractivity contribution is 7.99. The molecule has 0 aromatic heterocycles. The van der Waals surface area contributed by atoms with Crippen molar-refractivity contribution in [3.63, 3.8) is 0 Å². The fraction of sp³-hybridized carbons (Fsp3) is 0.667. The van der Waals surface area contributed by atoms with Crippen molar-refractivity contribution in [1.82, 2.24) is 5.32 Å². The maximum Gasteiger partial charge on any atom is 0.0678 e. The fourth-order valence-electron chi connectivity index (χ4n) is 2.44. The van der Waals surface area contributed by atoms with Crippen molar-refractivity contribution in [3.8, 4) is 0 Å². The van der Waals surface area contributed by atoms with Crippen molar-refractivity contribution in [2.24, 2.45) is 5.92 Å². The molecule has 0 aliphatic heterocycles. The van der Waals surface area contributed by atoms with Crippen LogP contribution in [-0.4, -0.2) is 28.8 Å². The number of aliphatic hydroxyl groups excluding tert-OH is 1. The predicted molar refractivity (Wildman–Crippen MR) is 94.9 cm³/mol. The molecule has 1 aromatic carbocycles.